The van der Waals surface area contributed by atoms with Gasteiger partial charge in [-0.2, -0.15) is 5.10 Å². The minimum Gasteiger partial charge on any atom is -0.303 e. The number of nitrogens with zero attached hydrogens (tertiary/aromatic N) is 4. The first-order chi connectivity index (χ1) is 12.3. The van der Waals surface area contributed by atoms with Gasteiger partial charge in [0.15, 0.2) is 20.4 Å². The van der Waals surface area contributed by atoms with Gasteiger partial charge < -0.3 is 4.57 Å². The molecule has 26 heavy (non-hydrogen) atoms. The maximum atomic E-state index is 11.9. The Morgan fingerprint density at radius 1 is 1.31 bits per heavy atom. The highest BCUT2D eigenvalue weighted by molar-refractivity contribution is 7.91. The zero-order valence-electron chi connectivity index (χ0n) is 15.5. The van der Waals surface area contributed by atoms with Crippen LogP contribution in [0.5, 0.6) is 0 Å². The lowest BCUT2D eigenvalue weighted by Gasteiger charge is -2.29. The smallest absolute Gasteiger partial charge is 0.199 e. The molecule has 0 spiro atoms. The zero-order chi connectivity index (χ0) is 18.9. The SMILES string of the molecule is CC(C)CN(Cn1nc(-c2ccccc2)n(C)c1=S)[C@@H]1CCS(=O)(=O)C1. The van der Waals surface area contributed by atoms with Crippen LogP contribution in [0.4, 0.5) is 0 Å². The molecule has 1 saturated heterocycles. The van der Waals surface area contributed by atoms with Crippen LogP contribution in [0.1, 0.15) is 20.3 Å². The fourth-order valence-corrected chi connectivity index (χ4v) is 5.39. The predicted molar refractivity (Wildman–Crippen MR) is 106 cm³/mol. The Morgan fingerprint density at radius 2 is 2.00 bits per heavy atom. The van der Waals surface area contributed by atoms with E-state index in [1.807, 2.05) is 46.6 Å². The van der Waals surface area contributed by atoms with E-state index in [-0.39, 0.29) is 17.5 Å². The molecular formula is C18H26N4O2S2. The number of sulfone groups is 1. The van der Waals surface area contributed by atoms with Crippen LogP contribution in [0, 0.1) is 10.7 Å². The van der Waals surface area contributed by atoms with E-state index < -0.39 is 9.84 Å². The molecule has 1 aromatic heterocycles. The molecule has 0 N–H and O–H groups in total. The van der Waals surface area contributed by atoms with Crippen LogP contribution in [-0.4, -0.2) is 51.8 Å². The second kappa shape index (κ2) is 7.62. The Labute approximate surface area is 160 Å². The number of rotatable bonds is 6. The average molecular weight is 395 g/mol. The van der Waals surface area contributed by atoms with E-state index in [1.54, 1.807) is 0 Å². The van der Waals surface area contributed by atoms with E-state index in [4.69, 9.17) is 17.3 Å². The van der Waals surface area contributed by atoms with Crippen LogP contribution >= 0.6 is 12.2 Å². The molecule has 1 atom stereocenters. The summed E-state index contributed by atoms with van der Waals surface area (Å²) in [5.74, 6) is 1.75. The zero-order valence-corrected chi connectivity index (χ0v) is 17.1. The lowest BCUT2D eigenvalue weighted by atomic mass is 10.1. The molecule has 6 nitrogen and oxygen atoms in total. The van der Waals surface area contributed by atoms with Crippen molar-refractivity contribution in [2.45, 2.75) is 33.0 Å². The van der Waals surface area contributed by atoms with E-state index in [9.17, 15) is 8.42 Å². The normalized spacial score (nSPS) is 19.5. The van der Waals surface area contributed by atoms with E-state index in [2.05, 4.69) is 18.7 Å². The second-order valence-electron chi connectivity index (χ2n) is 7.39. The largest absolute Gasteiger partial charge is 0.303 e. The number of aromatic nitrogens is 3. The quantitative estimate of drug-likeness (QED) is 0.705. The third-order valence-electron chi connectivity index (χ3n) is 4.71. The van der Waals surface area contributed by atoms with Gasteiger partial charge in [-0.1, -0.05) is 44.2 Å². The molecular weight excluding hydrogens is 368 g/mol. The van der Waals surface area contributed by atoms with Gasteiger partial charge in [0.25, 0.3) is 0 Å². The molecule has 1 aliphatic rings. The standard InChI is InChI=1S/C18H26N4O2S2/c1-14(2)11-21(16-9-10-26(23,24)12-16)13-22-18(25)20(3)17(19-22)15-7-5-4-6-8-15/h4-8,14,16H,9-13H2,1-3H3/t16-/m1/s1. The first kappa shape index (κ1) is 19.3. The molecule has 1 fully saturated rings. The van der Waals surface area contributed by atoms with Crippen molar-refractivity contribution in [3.05, 3.63) is 35.1 Å². The fourth-order valence-electron chi connectivity index (χ4n) is 3.45. The minimum atomic E-state index is -2.93. The summed E-state index contributed by atoms with van der Waals surface area (Å²) >= 11 is 5.58. The lowest BCUT2D eigenvalue weighted by molar-refractivity contribution is 0.137. The Kier molecular flexibility index (Phi) is 5.64. The maximum absolute atomic E-state index is 11.9. The molecule has 1 aromatic carbocycles. The lowest BCUT2D eigenvalue weighted by Crippen LogP contribution is -2.40. The van der Waals surface area contributed by atoms with Gasteiger partial charge in [-0.3, -0.25) is 4.90 Å². The fraction of sp³-hybridized carbons (Fsp3) is 0.556. The van der Waals surface area contributed by atoms with Gasteiger partial charge in [0.05, 0.1) is 18.2 Å². The minimum absolute atomic E-state index is 0.0338. The molecule has 0 bridgehead atoms. The van der Waals surface area contributed by atoms with Crippen molar-refractivity contribution in [1.29, 1.82) is 0 Å². The van der Waals surface area contributed by atoms with Gasteiger partial charge >= 0.3 is 0 Å². The highest BCUT2D eigenvalue weighted by Crippen LogP contribution is 2.21. The van der Waals surface area contributed by atoms with Gasteiger partial charge in [0, 0.05) is 25.2 Å². The molecule has 2 heterocycles. The molecule has 8 heteroatoms. The average Bonchev–Trinajstić information content (AvgIpc) is 3.09. The van der Waals surface area contributed by atoms with E-state index in [0.29, 0.717) is 23.8 Å². The molecule has 142 valence electrons. The summed E-state index contributed by atoms with van der Waals surface area (Å²) in [6, 6.07) is 9.98. The van der Waals surface area contributed by atoms with Crippen molar-refractivity contribution in [2.24, 2.45) is 13.0 Å². The summed E-state index contributed by atoms with van der Waals surface area (Å²) in [6.07, 6.45) is 0.681. The van der Waals surface area contributed by atoms with Crippen molar-refractivity contribution < 1.29 is 8.42 Å². The highest BCUT2D eigenvalue weighted by atomic mass is 32.2. The van der Waals surface area contributed by atoms with E-state index in [1.165, 1.54) is 0 Å². The topological polar surface area (TPSA) is 60.1 Å². The van der Waals surface area contributed by atoms with Crippen LogP contribution < -0.4 is 0 Å². The third kappa shape index (κ3) is 4.24. The number of hydrogen-bond acceptors (Lipinski definition) is 5. The van der Waals surface area contributed by atoms with Crippen LogP contribution in [0.2, 0.25) is 0 Å². The number of hydrogen-bond donors (Lipinski definition) is 0. The van der Waals surface area contributed by atoms with Crippen LogP contribution in [0.25, 0.3) is 11.4 Å². The van der Waals surface area contributed by atoms with E-state index in [0.717, 1.165) is 17.9 Å². The van der Waals surface area contributed by atoms with Crippen molar-refractivity contribution >= 4 is 22.1 Å². The Balaban J connectivity index is 1.89. The van der Waals surface area contributed by atoms with Crippen LogP contribution in [0.3, 0.4) is 0 Å². The number of benzene rings is 1. The molecule has 0 radical (unpaired) electrons. The van der Waals surface area contributed by atoms with Crippen molar-refractivity contribution in [3.8, 4) is 11.4 Å². The van der Waals surface area contributed by atoms with Gasteiger partial charge in [0.2, 0.25) is 0 Å². The molecule has 0 aliphatic carbocycles. The summed E-state index contributed by atoms with van der Waals surface area (Å²) < 4.78 is 28.2. The molecule has 0 saturated carbocycles. The van der Waals surface area contributed by atoms with E-state index >= 15 is 0 Å². The molecule has 0 amide bonds. The van der Waals surface area contributed by atoms with Gasteiger partial charge in [-0.15, -0.1) is 0 Å². The molecule has 0 unspecified atom stereocenters. The molecule has 2 aromatic rings. The van der Waals surface area contributed by atoms with Gasteiger partial charge in [-0.05, 0) is 24.6 Å². The maximum Gasteiger partial charge on any atom is 0.199 e. The summed E-state index contributed by atoms with van der Waals surface area (Å²) in [6.45, 7) is 5.62. The van der Waals surface area contributed by atoms with Crippen LogP contribution in [-0.2, 0) is 23.6 Å². The Morgan fingerprint density at radius 3 is 2.58 bits per heavy atom. The van der Waals surface area contributed by atoms with Crippen molar-refractivity contribution in [1.82, 2.24) is 19.2 Å². The summed E-state index contributed by atoms with van der Waals surface area (Å²) in [7, 11) is -1.01. The Bertz CT molecular complexity index is 916. The Hall–Kier alpha value is -1.51. The van der Waals surface area contributed by atoms with Crippen LogP contribution in [0.15, 0.2) is 30.3 Å². The van der Waals surface area contributed by atoms with Gasteiger partial charge in [0.1, 0.15) is 0 Å². The predicted octanol–water partition coefficient (Wildman–Crippen LogP) is 2.72. The van der Waals surface area contributed by atoms with Crippen molar-refractivity contribution in [2.75, 3.05) is 18.1 Å². The third-order valence-corrected chi connectivity index (χ3v) is 6.95. The first-order valence-corrected chi connectivity index (χ1v) is 11.1. The summed E-state index contributed by atoms with van der Waals surface area (Å²) in [4.78, 5) is 2.22. The summed E-state index contributed by atoms with van der Waals surface area (Å²) in [5.41, 5.74) is 1.01. The highest BCUT2D eigenvalue weighted by Gasteiger charge is 2.33. The van der Waals surface area contributed by atoms with Gasteiger partial charge in [-0.25, -0.2) is 13.1 Å². The molecule has 3 rings (SSSR count). The second-order valence-corrected chi connectivity index (χ2v) is 9.99. The monoisotopic (exact) mass is 394 g/mol. The molecule has 1 aliphatic heterocycles. The summed E-state index contributed by atoms with van der Waals surface area (Å²) in [5, 5.41) is 4.72. The first-order valence-electron chi connectivity index (χ1n) is 8.90. The van der Waals surface area contributed by atoms with Crippen molar-refractivity contribution in [3.63, 3.8) is 0 Å².